The summed E-state index contributed by atoms with van der Waals surface area (Å²) in [4.78, 5) is 14.4. The van der Waals surface area contributed by atoms with Gasteiger partial charge in [0.15, 0.2) is 0 Å². The molecule has 2 atom stereocenters. The number of carbonyl (C=O) groups is 1. The molecule has 0 bridgehead atoms. The van der Waals surface area contributed by atoms with E-state index in [1.54, 1.807) is 12.1 Å². The number of nitriles is 1. The van der Waals surface area contributed by atoms with Crippen LogP contribution < -0.4 is 5.32 Å². The number of nitrogens with one attached hydrogen (secondary N) is 1. The van der Waals surface area contributed by atoms with Gasteiger partial charge in [0.05, 0.1) is 17.0 Å². The van der Waals surface area contributed by atoms with E-state index in [9.17, 15) is 18.5 Å². The summed E-state index contributed by atoms with van der Waals surface area (Å²) >= 11 is 0. The SMILES string of the molecule is C[C@@H]1CCCC[C@H]1NC(=O)CN1CCN(S(=O)(=O)c2ccccc2C#N)CC1. The molecule has 8 heteroatoms. The second-order valence-electron chi connectivity index (χ2n) is 7.72. The van der Waals surface area contributed by atoms with Crippen LogP contribution in [0.1, 0.15) is 38.2 Å². The van der Waals surface area contributed by atoms with Crippen LogP contribution in [0.15, 0.2) is 29.2 Å². The van der Waals surface area contributed by atoms with Gasteiger partial charge in [-0.2, -0.15) is 9.57 Å². The van der Waals surface area contributed by atoms with Gasteiger partial charge in [0, 0.05) is 32.2 Å². The number of amides is 1. The van der Waals surface area contributed by atoms with Gasteiger partial charge >= 0.3 is 0 Å². The lowest BCUT2D eigenvalue weighted by molar-refractivity contribution is -0.123. The molecular weight excluding hydrogens is 376 g/mol. The number of carbonyl (C=O) groups excluding carboxylic acids is 1. The van der Waals surface area contributed by atoms with Gasteiger partial charge in [0.1, 0.15) is 6.07 Å². The Morgan fingerprint density at radius 2 is 1.86 bits per heavy atom. The number of piperazine rings is 1. The molecule has 1 aliphatic carbocycles. The van der Waals surface area contributed by atoms with Crippen molar-refractivity contribution in [1.82, 2.24) is 14.5 Å². The first-order valence-corrected chi connectivity index (χ1v) is 11.4. The maximum atomic E-state index is 12.9. The average Bonchev–Trinajstić information content (AvgIpc) is 2.70. The van der Waals surface area contributed by atoms with E-state index in [2.05, 4.69) is 12.2 Å². The zero-order chi connectivity index (χ0) is 20.1. The van der Waals surface area contributed by atoms with Crippen molar-refractivity contribution in [2.45, 2.75) is 43.5 Å². The van der Waals surface area contributed by atoms with Crippen molar-refractivity contribution >= 4 is 15.9 Å². The molecule has 0 aromatic heterocycles. The maximum Gasteiger partial charge on any atom is 0.244 e. The van der Waals surface area contributed by atoms with Crippen LogP contribution in [0, 0.1) is 17.2 Å². The Bertz CT molecular complexity index is 841. The van der Waals surface area contributed by atoms with E-state index in [1.165, 1.54) is 22.9 Å². The monoisotopic (exact) mass is 404 g/mol. The summed E-state index contributed by atoms with van der Waals surface area (Å²) in [6.45, 7) is 4.12. The first-order valence-electron chi connectivity index (χ1n) is 9.93. The topological polar surface area (TPSA) is 93.5 Å². The van der Waals surface area contributed by atoms with Crippen LogP contribution in [0.25, 0.3) is 0 Å². The molecule has 28 heavy (non-hydrogen) atoms. The molecule has 1 N–H and O–H groups in total. The number of rotatable bonds is 5. The molecular formula is C20H28N4O3S. The van der Waals surface area contributed by atoms with Gasteiger partial charge in [-0.1, -0.05) is 31.9 Å². The van der Waals surface area contributed by atoms with E-state index in [1.807, 2.05) is 11.0 Å². The van der Waals surface area contributed by atoms with E-state index in [0.717, 1.165) is 19.3 Å². The first-order chi connectivity index (χ1) is 13.4. The molecule has 152 valence electrons. The Kier molecular flexibility index (Phi) is 6.70. The molecule has 1 heterocycles. The molecule has 0 unspecified atom stereocenters. The van der Waals surface area contributed by atoms with Gasteiger partial charge in [0.25, 0.3) is 0 Å². The highest BCUT2D eigenvalue weighted by Crippen LogP contribution is 2.24. The predicted octanol–water partition coefficient (Wildman–Crippen LogP) is 1.56. The van der Waals surface area contributed by atoms with Crippen LogP contribution in [0.3, 0.4) is 0 Å². The fourth-order valence-corrected chi connectivity index (χ4v) is 5.60. The molecule has 1 saturated carbocycles. The summed E-state index contributed by atoms with van der Waals surface area (Å²) in [6, 6.07) is 8.47. The molecule has 1 aliphatic heterocycles. The zero-order valence-electron chi connectivity index (χ0n) is 16.3. The van der Waals surface area contributed by atoms with Crippen molar-refractivity contribution in [3.8, 4) is 6.07 Å². The summed E-state index contributed by atoms with van der Waals surface area (Å²) in [5, 5.41) is 12.3. The smallest absolute Gasteiger partial charge is 0.244 e. The summed E-state index contributed by atoms with van der Waals surface area (Å²) in [5.74, 6) is 0.532. The van der Waals surface area contributed by atoms with Gasteiger partial charge in [-0.25, -0.2) is 8.42 Å². The summed E-state index contributed by atoms with van der Waals surface area (Å²) in [5.41, 5.74) is 0.158. The average molecular weight is 405 g/mol. The quantitative estimate of drug-likeness (QED) is 0.804. The molecule has 2 fully saturated rings. The minimum absolute atomic E-state index is 0.0184. The zero-order valence-corrected chi connectivity index (χ0v) is 17.1. The van der Waals surface area contributed by atoms with Crippen LogP contribution in [0.5, 0.6) is 0 Å². The highest BCUT2D eigenvalue weighted by Gasteiger charge is 2.31. The molecule has 1 aromatic carbocycles. The molecule has 1 aromatic rings. The third-order valence-electron chi connectivity index (χ3n) is 5.78. The summed E-state index contributed by atoms with van der Waals surface area (Å²) in [7, 11) is -3.70. The van der Waals surface area contributed by atoms with Crippen molar-refractivity contribution in [3.63, 3.8) is 0 Å². The Hall–Kier alpha value is -1.95. The number of sulfonamides is 1. The van der Waals surface area contributed by atoms with Gasteiger partial charge in [-0.15, -0.1) is 0 Å². The summed E-state index contributed by atoms with van der Waals surface area (Å²) < 4.78 is 27.1. The summed E-state index contributed by atoms with van der Waals surface area (Å²) in [6.07, 6.45) is 4.60. The highest BCUT2D eigenvalue weighted by atomic mass is 32.2. The number of nitrogens with zero attached hydrogens (tertiary/aromatic N) is 3. The molecule has 0 spiro atoms. The lowest BCUT2D eigenvalue weighted by Crippen LogP contribution is -2.52. The van der Waals surface area contributed by atoms with E-state index in [4.69, 9.17) is 0 Å². The van der Waals surface area contributed by atoms with Crippen LogP contribution in [-0.2, 0) is 14.8 Å². The van der Waals surface area contributed by atoms with Crippen LogP contribution >= 0.6 is 0 Å². The number of benzene rings is 1. The highest BCUT2D eigenvalue weighted by molar-refractivity contribution is 7.89. The van der Waals surface area contributed by atoms with Crippen molar-refractivity contribution in [1.29, 1.82) is 5.26 Å². The molecule has 3 rings (SSSR count). The Labute approximate surface area is 167 Å². The van der Waals surface area contributed by atoms with Crippen LogP contribution in [0.2, 0.25) is 0 Å². The van der Waals surface area contributed by atoms with Gasteiger partial charge < -0.3 is 5.32 Å². The van der Waals surface area contributed by atoms with E-state index >= 15 is 0 Å². The van der Waals surface area contributed by atoms with E-state index in [0.29, 0.717) is 38.6 Å². The minimum Gasteiger partial charge on any atom is -0.352 e. The Morgan fingerprint density at radius 3 is 2.54 bits per heavy atom. The van der Waals surface area contributed by atoms with Gasteiger partial charge in [-0.05, 0) is 30.9 Å². The standard InChI is InChI=1S/C20H28N4O3S/c1-16-6-2-4-8-18(16)22-20(25)15-23-10-12-24(13-11-23)28(26,27)19-9-5-3-7-17(19)14-21/h3,5,7,9,16,18H,2,4,6,8,10-13,15H2,1H3,(H,22,25)/t16-,18-/m1/s1. The van der Waals surface area contributed by atoms with Crippen molar-refractivity contribution in [2.75, 3.05) is 32.7 Å². The van der Waals surface area contributed by atoms with Crippen molar-refractivity contribution < 1.29 is 13.2 Å². The van der Waals surface area contributed by atoms with Crippen molar-refractivity contribution in [2.24, 2.45) is 5.92 Å². The molecule has 2 aliphatic rings. The molecule has 1 amide bonds. The fourth-order valence-electron chi connectivity index (χ4n) is 4.04. The van der Waals surface area contributed by atoms with E-state index < -0.39 is 10.0 Å². The first kappa shape index (κ1) is 20.8. The number of hydrogen-bond donors (Lipinski definition) is 1. The minimum atomic E-state index is -3.70. The largest absolute Gasteiger partial charge is 0.352 e. The third-order valence-corrected chi connectivity index (χ3v) is 7.74. The van der Waals surface area contributed by atoms with E-state index in [-0.39, 0.29) is 22.4 Å². The lowest BCUT2D eigenvalue weighted by atomic mass is 9.86. The Morgan fingerprint density at radius 1 is 1.18 bits per heavy atom. The van der Waals surface area contributed by atoms with Gasteiger partial charge in [0.2, 0.25) is 15.9 Å². The second kappa shape index (κ2) is 9.03. The second-order valence-corrected chi connectivity index (χ2v) is 9.63. The number of hydrogen-bond acceptors (Lipinski definition) is 5. The molecule has 1 saturated heterocycles. The molecule has 7 nitrogen and oxygen atoms in total. The Balaban J connectivity index is 1.54. The predicted molar refractivity (Wildman–Crippen MR) is 106 cm³/mol. The van der Waals surface area contributed by atoms with Crippen LogP contribution in [-0.4, -0.2) is 62.3 Å². The normalized spacial score (nSPS) is 24.4. The third kappa shape index (κ3) is 4.72. The van der Waals surface area contributed by atoms with Crippen LogP contribution in [0.4, 0.5) is 0 Å². The fraction of sp³-hybridized carbons (Fsp3) is 0.600. The van der Waals surface area contributed by atoms with Gasteiger partial charge in [-0.3, -0.25) is 9.69 Å². The maximum absolute atomic E-state index is 12.9. The lowest BCUT2D eigenvalue weighted by Gasteiger charge is -2.34. The van der Waals surface area contributed by atoms with Crippen molar-refractivity contribution in [3.05, 3.63) is 29.8 Å². The molecule has 0 radical (unpaired) electrons.